The van der Waals surface area contributed by atoms with Crippen molar-refractivity contribution in [2.24, 2.45) is 11.8 Å². The van der Waals surface area contributed by atoms with Gasteiger partial charge in [-0.15, -0.1) is 0 Å². The lowest BCUT2D eigenvalue weighted by atomic mass is 9.76. The van der Waals surface area contributed by atoms with Crippen LogP contribution in [0.5, 0.6) is 17.2 Å². The van der Waals surface area contributed by atoms with Gasteiger partial charge in [0.05, 0.1) is 33.3 Å². The second kappa shape index (κ2) is 10.2. The smallest absolute Gasteiger partial charge is 0.254 e. The molecule has 2 aromatic rings. The van der Waals surface area contributed by atoms with Crippen molar-refractivity contribution in [3.63, 3.8) is 0 Å². The molecule has 7 heteroatoms. The van der Waals surface area contributed by atoms with E-state index in [1.54, 1.807) is 38.3 Å². The molecular formula is C28H36N2O5. The highest BCUT2D eigenvalue weighted by Crippen LogP contribution is 2.46. The molecule has 4 rings (SSSR count). The molecule has 0 unspecified atom stereocenters. The Morgan fingerprint density at radius 1 is 0.971 bits per heavy atom. The van der Waals surface area contributed by atoms with Crippen LogP contribution in [0.15, 0.2) is 36.4 Å². The first kappa shape index (κ1) is 24.9. The van der Waals surface area contributed by atoms with E-state index >= 15 is 0 Å². The van der Waals surface area contributed by atoms with Crippen molar-refractivity contribution in [1.82, 2.24) is 10.2 Å². The summed E-state index contributed by atoms with van der Waals surface area (Å²) in [6, 6.07) is 10.7. The lowest BCUT2D eigenvalue weighted by molar-refractivity contribution is -0.125. The second-order valence-electron chi connectivity index (χ2n) is 9.79. The Morgan fingerprint density at radius 3 is 2.26 bits per heavy atom. The van der Waals surface area contributed by atoms with Crippen LogP contribution in [0.2, 0.25) is 0 Å². The quantitative estimate of drug-likeness (QED) is 0.656. The fourth-order valence-electron chi connectivity index (χ4n) is 5.61. The van der Waals surface area contributed by atoms with E-state index in [4.69, 9.17) is 14.2 Å². The summed E-state index contributed by atoms with van der Waals surface area (Å²) in [5.41, 5.74) is 1.98. The summed E-state index contributed by atoms with van der Waals surface area (Å²) >= 11 is 0. The fraction of sp³-hybridized carbons (Fsp3) is 0.500. The van der Waals surface area contributed by atoms with Gasteiger partial charge in [-0.1, -0.05) is 38.8 Å². The first-order valence-corrected chi connectivity index (χ1v) is 12.3. The number of nitrogens with one attached hydrogen (secondary N) is 1. The lowest BCUT2D eigenvalue weighted by Gasteiger charge is -2.42. The maximum atomic E-state index is 14.0. The standard InChI is InChI=1S/C28H36N2O5/c1-16-8-7-9-22(17(16)2)29-27(31)25-20-14-23(34-5)24(35-6)15-21(20)28(32)30(3)26(25)18-10-12-19(33-4)13-11-18/h10-17,22,25-26H,7-9H2,1-6H3,(H,29,31)/t16-,17+,22-,25-,26+/m1/s1. The first-order chi connectivity index (χ1) is 16.8. The molecule has 0 radical (unpaired) electrons. The zero-order valence-electron chi connectivity index (χ0n) is 21.5. The van der Waals surface area contributed by atoms with Gasteiger partial charge in [-0.2, -0.15) is 0 Å². The summed E-state index contributed by atoms with van der Waals surface area (Å²) in [6.45, 7) is 4.47. The largest absolute Gasteiger partial charge is 0.497 e. The molecule has 35 heavy (non-hydrogen) atoms. The van der Waals surface area contributed by atoms with Gasteiger partial charge in [0.25, 0.3) is 5.91 Å². The number of nitrogens with zero attached hydrogens (tertiary/aromatic N) is 1. The number of carbonyl (C=O) groups excluding carboxylic acids is 2. The number of benzene rings is 2. The minimum atomic E-state index is -0.606. The van der Waals surface area contributed by atoms with E-state index in [0.29, 0.717) is 34.5 Å². The molecule has 1 heterocycles. The van der Waals surface area contributed by atoms with Gasteiger partial charge >= 0.3 is 0 Å². The third-order valence-corrected chi connectivity index (χ3v) is 7.95. The van der Waals surface area contributed by atoms with Gasteiger partial charge in [0, 0.05) is 18.7 Å². The Morgan fingerprint density at radius 2 is 1.63 bits per heavy atom. The second-order valence-corrected chi connectivity index (χ2v) is 9.79. The molecule has 0 spiro atoms. The van der Waals surface area contributed by atoms with E-state index in [1.165, 1.54) is 13.5 Å². The van der Waals surface area contributed by atoms with Crippen molar-refractivity contribution >= 4 is 11.8 Å². The van der Waals surface area contributed by atoms with Crippen LogP contribution < -0.4 is 19.5 Å². The van der Waals surface area contributed by atoms with Crippen molar-refractivity contribution in [3.8, 4) is 17.2 Å². The average molecular weight is 481 g/mol. The van der Waals surface area contributed by atoms with Crippen LogP contribution in [0.3, 0.4) is 0 Å². The molecule has 1 aliphatic heterocycles. The number of hydrogen-bond donors (Lipinski definition) is 1. The van der Waals surface area contributed by atoms with Gasteiger partial charge < -0.3 is 24.4 Å². The van der Waals surface area contributed by atoms with E-state index in [2.05, 4.69) is 19.2 Å². The van der Waals surface area contributed by atoms with Gasteiger partial charge in [-0.05, 0) is 53.6 Å². The maximum absolute atomic E-state index is 14.0. The predicted octanol–water partition coefficient (Wildman–Crippen LogP) is 4.56. The normalized spacial score (nSPS) is 26.1. The highest BCUT2D eigenvalue weighted by Gasteiger charge is 2.44. The lowest BCUT2D eigenvalue weighted by Crippen LogP contribution is -2.50. The Bertz CT molecular complexity index is 1080. The van der Waals surface area contributed by atoms with Gasteiger partial charge in [-0.25, -0.2) is 0 Å². The topological polar surface area (TPSA) is 77.1 Å². The van der Waals surface area contributed by atoms with Crippen LogP contribution in [0.25, 0.3) is 0 Å². The van der Waals surface area contributed by atoms with Crippen LogP contribution in [-0.4, -0.2) is 51.1 Å². The number of ether oxygens (including phenoxy) is 3. The maximum Gasteiger partial charge on any atom is 0.254 e. The minimum Gasteiger partial charge on any atom is -0.497 e. The fourth-order valence-corrected chi connectivity index (χ4v) is 5.61. The van der Waals surface area contributed by atoms with Crippen molar-refractivity contribution in [2.75, 3.05) is 28.4 Å². The predicted molar refractivity (Wildman–Crippen MR) is 134 cm³/mol. The molecule has 0 bridgehead atoms. The third kappa shape index (κ3) is 4.56. The molecule has 1 aliphatic carbocycles. The van der Waals surface area contributed by atoms with Crippen molar-refractivity contribution < 1.29 is 23.8 Å². The highest BCUT2D eigenvalue weighted by molar-refractivity contribution is 6.02. The monoisotopic (exact) mass is 480 g/mol. The van der Waals surface area contributed by atoms with E-state index < -0.39 is 12.0 Å². The van der Waals surface area contributed by atoms with Crippen LogP contribution >= 0.6 is 0 Å². The Hall–Kier alpha value is -3.22. The van der Waals surface area contributed by atoms with Gasteiger partial charge in [-0.3, -0.25) is 9.59 Å². The molecule has 2 aliphatic rings. The molecule has 7 nitrogen and oxygen atoms in total. The van der Waals surface area contributed by atoms with Crippen LogP contribution in [0, 0.1) is 11.8 Å². The minimum absolute atomic E-state index is 0.0791. The number of methoxy groups -OCH3 is 3. The molecule has 1 fully saturated rings. The average Bonchev–Trinajstić information content (AvgIpc) is 2.87. The summed E-state index contributed by atoms with van der Waals surface area (Å²) in [4.78, 5) is 29.2. The number of likely N-dealkylation sites (N-methyl/N-ethyl adjacent to an activating group) is 1. The van der Waals surface area contributed by atoms with Gasteiger partial charge in [0.2, 0.25) is 5.91 Å². The summed E-state index contributed by atoms with van der Waals surface area (Å²) in [5, 5.41) is 3.36. The molecule has 0 saturated heterocycles. The Labute approximate surface area is 207 Å². The third-order valence-electron chi connectivity index (χ3n) is 7.95. The molecule has 188 valence electrons. The molecule has 1 N–H and O–H groups in total. The van der Waals surface area contributed by atoms with E-state index in [1.807, 2.05) is 24.3 Å². The molecular weight excluding hydrogens is 444 g/mol. The van der Waals surface area contributed by atoms with Crippen molar-refractivity contribution in [2.45, 2.75) is 51.1 Å². The zero-order valence-corrected chi connectivity index (χ0v) is 21.5. The van der Waals surface area contributed by atoms with E-state index in [0.717, 1.165) is 24.2 Å². The van der Waals surface area contributed by atoms with Crippen molar-refractivity contribution in [3.05, 3.63) is 53.1 Å². The molecule has 1 saturated carbocycles. The summed E-state index contributed by atoms with van der Waals surface area (Å²) in [5.74, 6) is 1.77. The van der Waals surface area contributed by atoms with Crippen LogP contribution in [0.1, 0.15) is 66.6 Å². The van der Waals surface area contributed by atoms with Gasteiger partial charge in [0.1, 0.15) is 5.75 Å². The summed E-state index contributed by atoms with van der Waals surface area (Å²) in [6.07, 6.45) is 3.25. The van der Waals surface area contributed by atoms with Crippen molar-refractivity contribution in [1.29, 1.82) is 0 Å². The van der Waals surface area contributed by atoms with E-state index in [9.17, 15) is 9.59 Å². The molecule has 5 atom stereocenters. The summed E-state index contributed by atoms with van der Waals surface area (Å²) < 4.78 is 16.3. The molecule has 2 aromatic carbocycles. The Balaban J connectivity index is 1.82. The van der Waals surface area contributed by atoms with Gasteiger partial charge in [0.15, 0.2) is 11.5 Å². The van der Waals surface area contributed by atoms with Crippen LogP contribution in [-0.2, 0) is 4.79 Å². The summed E-state index contributed by atoms with van der Waals surface area (Å²) in [7, 11) is 6.46. The number of rotatable bonds is 6. The highest BCUT2D eigenvalue weighted by atomic mass is 16.5. The number of hydrogen-bond acceptors (Lipinski definition) is 5. The van der Waals surface area contributed by atoms with E-state index in [-0.39, 0.29) is 17.9 Å². The number of carbonyl (C=O) groups is 2. The number of fused-ring (bicyclic) bond motifs is 1. The number of amides is 2. The Kier molecular flexibility index (Phi) is 7.24. The molecule has 2 amide bonds. The molecule has 0 aromatic heterocycles. The zero-order chi connectivity index (χ0) is 25.3. The SMILES string of the molecule is COc1ccc([C@H]2[C@H](C(=O)N[C@@H]3CCC[C@@H](C)[C@@H]3C)c3cc(OC)c(OC)cc3C(=O)N2C)cc1. The first-order valence-electron chi connectivity index (χ1n) is 12.3. The van der Waals surface area contributed by atoms with Crippen LogP contribution in [0.4, 0.5) is 0 Å².